The van der Waals surface area contributed by atoms with E-state index >= 15 is 0 Å². The predicted molar refractivity (Wildman–Crippen MR) is 75.3 cm³/mol. The third-order valence-electron chi connectivity index (χ3n) is 3.29. The molecule has 0 amide bonds. The molecule has 1 aliphatic rings. The topological polar surface area (TPSA) is 52.6 Å². The van der Waals surface area contributed by atoms with Gasteiger partial charge >= 0.3 is 114 Å². The third kappa shape index (κ3) is 1.90. The summed E-state index contributed by atoms with van der Waals surface area (Å²) in [5, 5.41) is 0. The maximum absolute atomic E-state index is 11.9. The van der Waals surface area contributed by atoms with E-state index in [0.717, 1.165) is 25.8 Å². The van der Waals surface area contributed by atoms with E-state index in [0.29, 0.717) is 5.56 Å². The van der Waals surface area contributed by atoms with Crippen molar-refractivity contribution in [2.24, 2.45) is 0 Å². The molecule has 98 valence electrons. The summed E-state index contributed by atoms with van der Waals surface area (Å²) >= 11 is -2.60. The van der Waals surface area contributed by atoms with Crippen LogP contribution < -0.4 is 0 Å². The fourth-order valence-electron chi connectivity index (χ4n) is 2.00. The van der Waals surface area contributed by atoms with Gasteiger partial charge < -0.3 is 0 Å². The first-order valence-electron chi connectivity index (χ1n) is 5.56. The van der Waals surface area contributed by atoms with Crippen LogP contribution in [0, 0.1) is 31.3 Å². The Morgan fingerprint density at radius 1 is 1.06 bits per heavy atom. The van der Waals surface area contributed by atoms with Gasteiger partial charge in [0.15, 0.2) is 0 Å². The van der Waals surface area contributed by atoms with Crippen LogP contribution in [-0.4, -0.2) is 11.9 Å². The molecule has 5 heteroatoms. The zero-order valence-corrected chi connectivity index (χ0v) is 13.2. The molecular weight excluding hydrogens is 347 g/mol. The Hall–Kier alpha value is -1.11. The second kappa shape index (κ2) is 4.53. The standard InChI is InChI=1S/C13H15IO4/c1-6-7(2)9(4)12-11(8(6)3)13(16)18-14(12)17-10(5)15/h1-5H3. The van der Waals surface area contributed by atoms with Gasteiger partial charge in [-0.1, -0.05) is 0 Å². The fraction of sp³-hybridized carbons (Fsp3) is 0.385. The molecule has 0 atom stereocenters. The number of fused-ring (bicyclic) bond motifs is 1. The average molecular weight is 362 g/mol. The zero-order chi connectivity index (χ0) is 13.6. The van der Waals surface area contributed by atoms with E-state index in [1.54, 1.807) is 0 Å². The van der Waals surface area contributed by atoms with Gasteiger partial charge in [0, 0.05) is 0 Å². The van der Waals surface area contributed by atoms with E-state index in [1.807, 2.05) is 27.7 Å². The van der Waals surface area contributed by atoms with Crippen molar-refractivity contribution >= 4 is 32.6 Å². The number of carbonyl (C=O) groups excluding carboxylic acids is 2. The first-order chi connectivity index (χ1) is 8.34. The van der Waals surface area contributed by atoms with E-state index in [4.69, 9.17) is 6.13 Å². The quantitative estimate of drug-likeness (QED) is 0.721. The van der Waals surface area contributed by atoms with E-state index in [9.17, 15) is 9.59 Å². The van der Waals surface area contributed by atoms with Gasteiger partial charge in [-0.2, -0.15) is 0 Å². The summed E-state index contributed by atoms with van der Waals surface area (Å²) in [5.74, 6) is -0.740. The normalized spacial score (nSPS) is 15.4. The van der Waals surface area contributed by atoms with Crippen LogP contribution in [0.15, 0.2) is 0 Å². The molecule has 0 bridgehead atoms. The molecule has 1 aromatic carbocycles. The Labute approximate surface area is 114 Å². The molecule has 0 saturated heterocycles. The number of benzene rings is 1. The van der Waals surface area contributed by atoms with Gasteiger partial charge in [0.1, 0.15) is 0 Å². The first kappa shape index (κ1) is 13.3. The Morgan fingerprint density at radius 3 is 2.17 bits per heavy atom. The molecule has 4 nitrogen and oxygen atoms in total. The van der Waals surface area contributed by atoms with Crippen LogP contribution in [-0.2, 0) is 10.9 Å². The second-order valence-electron chi connectivity index (χ2n) is 4.34. The average Bonchev–Trinajstić information content (AvgIpc) is 2.59. The molecule has 0 N–H and O–H groups in total. The fourth-order valence-corrected chi connectivity index (χ4v) is 5.80. The molecule has 1 aromatic rings. The molecule has 0 aromatic heterocycles. The number of rotatable bonds is 1. The van der Waals surface area contributed by atoms with Gasteiger partial charge in [-0.25, -0.2) is 0 Å². The summed E-state index contributed by atoms with van der Waals surface area (Å²) in [6.07, 6.45) is 0. The van der Waals surface area contributed by atoms with Gasteiger partial charge in [-0.05, 0) is 0 Å². The summed E-state index contributed by atoms with van der Waals surface area (Å²) in [7, 11) is 0. The first-order valence-corrected chi connectivity index (χ1v) is 8.40. The van der Waals surface area contributed by atoms with Crippen LogP contribution in [0.25, 0.3) is 0 Å². The Morgan fingerprint density at radius 2 is 1.61 bits per heavy atom. The molecule has 0 fully saturated rings. The van der Waals surface area contributed by atoms with Crippen molar-refractivity contribution in [3.63, 3.8) is 0 Å². The Bertz CT molecular complexity index is 563. The van der Waals surface area contributed by atoms with Crippen molar-refractivity contribution in [3.05, 3.63) is 31.4 Å². The molecule has 18 heavy (non-hydrogen) atoms. The second-order valence-corrected chi connectivity index (χ2v) is 7.54. The van der Waals surface area contributed by atoms with Crippen molar-refractivity contribution in [3.8, 4) is 0 Å². The molecular formula is C13H15IO4. The van der Waals surface area contributed by atoms with E-state index in [-0.39, 0.29) is 5.97 Å². The summed E-state index contributed by atoms with van der Waals surface area (Å²) in [6, 6.07) is 0. The summed E-state index contributed by atoms with van der Waals surface area (Å²) < 4.78 is 11.3. The van der Waals surface area contributed by atoms with Crippen LogP contribution >= 0.6 is 20.6 Å². The van der Waals surface area contributed by atoms with Gasteiger partial charge in [-0.15, -0.1) is 0 Å². The summed E-state index contributed by atoms with van der Waals surface area (Å²) in [6.45, 7) is 9.22. The van der Waals surface area contributed by atoms with Crippen LogP contribution in [0.2, 0.25) is 0 Å². The number of carbonyl (C=O) groups is 2. The van der Waals surface area contributed by atoms with E-state index < -0.39 is 26.6 Å². The molecule has 0 aliphatic carbocycles. The van der Waals surface area contributed by atoms with Gasteiger partial charge in [0.25, 0.3) is 0 Å². The molecule has 1 heterocycles. The van der Waals surface area contributed by atoms with Crippen LogP contribution in [0.5, 0.6) is 0 Å². The molecule has 0 spiro atoms. The Balaban J connectivity index is 2.67. The summed E-state index contributed by atoms with van der Waals surface area (Å²) in [4.78, 5) is 23.0. The maximum atomic E-state index is 11.9. The monoisotopic (exact) mass is 362 g/mol. The van der Waals surface area contributed by atoms with Crippen LogP contribution in [0.1, 0.15) is 39.5 Å². The van der Waals surface area contributed by atoms with Crippen molar-refractivity contribution in [1.82, 2.24) is 0 Å². The molecule has 0 saturated carbocycles. The van der Waals surface area contributed by atoms with E-state index in [2.05, 4.69) is 0 Å². The van der Waals surface area contributed by atoms with Crippen molar-refractivity contribution in [1.29, 1.82) is 0 Å². The summed E-state index contributed by atoms with van der Waals surface area (Å²) in [5.41, 5.74) is 4.81. The molecule has 2 rings (SSSR count). The SMILES string of the molecule is CC(=O)OI1OC(=O)c2c(C)c(C)c(C)c(C)c21. The van der Waals surface area contributed by atoms with Crippen molar-refractivity contribution < 1.29 is 15.7 Å². The number of hydrogen-bond acceptors (Lipinski definition) is 4. The predicted octanol–water partition coefficient (Wildman–Crippen LogP) is 3.16. The number of halogens is 1. The minimum absolute atomic E-state index is 0.347. The van der Waals surface area contributed by atoms with Crippen molar-refractivity contribution in [2.75, 3.05) is 0 Å². The molecule has 0 unspecified atom stereocenters. The van der Waals surface area contributed by atoms with Crippen molar-refractivity contribution in [2.45, 2.75) is 34.6 Å². The number of hydrogen-bond donors (Lipinski definition) is 0. The molecule has 1 aliphatic heterocycles. The van der Waals surface area contributed by atoms with Crippen LogP contribution in [0.4, 0.5) is 0 Å². The zero-order valence-electron chi connectivity index (χ0n) is 11.0. The Kier molecular flexibility index (Phi) is 3.35. The van der Waals surface area contributed by atoms with Gasteiger partial charge in [0.05, 0.1) is 0 Å². The minimum atomic E-state index is -2.60. The third-order valence-corrected chi connectivity index (χ3v) is 7.34. The van der Waals surface area contributed by atoms with Crippen LogP contribution in [0.3, 0.4) is 0 Å². The van der Waals surface area contributed by atoms with Gasteiger partial charge in [-0.3, -0.25) is 0 Å². The molecule has 0 radical (unpaired) electrons. The van der Waals surface area contributed by atoms with Gasteiger partial charge in [0.2, 0.25) is 0 Å². The van der Waals surface area contributed by atoms with E-state index in [1.165, 1.54) is 6.92 Å².